The van der Waals surface area contributed by atoms with Gasteiger partial charge in [0.1, 0.15) is 6.10 Å². The monoisotopic (exact) mass is 237 g/mol. The lowest BCUT2D eigenvalue weighted by Crippen LogP contribution is -2.36. The zero-order chi connectivity index (χ0) is 12.4. The first-order valence-electron chi connectivity index (χ1n) is 5.89. The van der Waals surface area contributed by atoms with E-state index in [-0.39, 0.29) is 6.10 Å². The summed E-state index contributed by atoms with van der Waals surface area (Å²) >= 11 is 0. The molecular formula is C12H19N3O2. The van der Waals surface area contributed by atoms with Crippen molar-refractivity contribution in [2.24, 2.45) is 0 Å². The molecule has 2 heterocycles. The van der Waals surface area contributed by atoms with Crippen LogP contribution in [0.15, 0.2) is 6.20 Å². The van der Waals surface area contributed by atoms with Gasteiger partial charge in [0.15, 0.2) is 5.82 Å². The minimum absolute atomic E-state index is 0.0597. The highest BCUT2D eigenvalue weighted by atomic mass is 16.5. The fourth-order valence-electron chi connectivity index (χ4n) is 1.99. The summed E-state index contributed by atoms with van der Waals surface area (Å²) in [4.78, 5) is 10.9. The van der Waals surface area contributed by atoms with Crippen molar-refractivity contribution in [1.29, 1.82) is 0 Å². The van der Waals surface area contributed by atoms with Crippen LogP contribution in [0.25, 0.3) is 0 Å². The van der Waals surface area contributed by atoms with Crippen LogP contribution in [0.4, 0.5) is 0 Å². The third kappa shape index (κ3) is 2.80. The van der Waals surface area contributed by atoms with Crippen LogP contribution >= 0.6 is 0 Å². The molecule has 0 aliphatic carbocycles. The van der Waals surface area contributed by atoms with Gasteiger partial charge in [-0.3, -0.25) is 0 Å². The number of rotatable bonds is 2. The summed E-state index contributed by atoms with van der Waals surface area (Å²) in [5.74, 6) is 0.707. The van der Waals surface area contributed by atoms with Gasteiger partial charge in [0.05, 0.1) is 12.7 Å². The van der Waals surface area contributed by atoms with Gasteiger partial charge < -0.3 is 14.7 Å². The lowest BCUT2D eigenvalue weighted by Gasteiger charge is -2.29. The van der Waals surface area contributed by atoms with Crippen LogP contribution in [0.2, 0.25) is 0 Å². The molecule has 0 spiro atoms. The second-order valence-electron chi connectivity index (χ2n) is 4.57. The van der Waals surface area contributed by atoms with Gasteiger partial charge in [-0.1, -0.05) is 0 Å². The number of ether oxygens (including phenoxy) is 1. The summed E-state index contributed by atoms with van der Waals surface area (Å²) in [6.07, 6.45) is 1.11. The molecule has 0 aromatic carbocycles. The van der Waals surface area contributed by atoms with Crippen molar-refractivity contribution in [3.63, 3.8) is 0 Å². The first-order chi connectivity index (χ1) is 8.08. The largest absolute Gasteiger partial charge is 0.389 e. The summed E-state index contributed by atoms with van der Waals surface area (Å²) in [6, 6.07) is 0. The standard InChI is InChI=1S/C12H19N3O2/c1-8-10(9(2)16)6-13-12(14-8)11-7-15(3)4-5-17-11/h6,9,11,16H,4-5,7H2,1-3H3/t9-,11?/m1/s1. The third-order valence-electron chi connectivity index (χ3n) is 3.04. The molecule has 0 saturated carbocycles. The van der Waals surface area contributed by atoms with Crippen molar-refractivity contribution in [1.82, 2.24) is 14.9 Å². The van der Waals surface area contributed by atoms with Crippen molar-refractivity contribution in [3.8, 4) is 0 Å². The van der Waals surface area contributed by atoms with E-state index >= 15 is 0 Å². The van der Waals surface area contributed by atoms with Gasteiger partial charge in [0, 0.05) is 30.5 Å². The smallest absolute Gasteiger partial charge is 0.158 e. The third-order valence-corrected chi connectivity index (χ3v) is 3.04. The number of likely N-dealkylation sites (N-methyl/N-ethyl adjacent to an activating group) is 1. The predicted molar refractivity (Wildman–Crippen MR) is 63.6 cm³/mol. The fourth-order valence-corrected chi connectivity index (χ4v) is 1.99. The number of morpholine rings is 1. The molecule has 2 rings (SSSR count). The molecule has 5 heteroatoms. The van der Waals surface area contributed by atoms with E-state index < -0.39 is 6.10 Å². The van der Waals surface area contributed by atoms with Crippen LogP contribution in [0.1, 0.15) is 36.2 Å². The lowest BCUT2D eigenvalue weighted by atomic mass is 10.1. The molecule has 1 aromatic heterocycles. The summed E-state index contributed by atoms with van der Waals surface area (Å²) in [7, 11) is 2.06. The second-order valence-corrected chi connectivity index (χ2v) is 4.57. The van der Waals surface area contributed by atoms with E-state index in [1.54, 1.807) is 13.1 Å². The number of aromatic nitrogens is 2. The first kappa shape index (κ1) is 12.4. The molecule has 1 aliphatic heterocycles. The molecule has 0 amide bonds. The van der Waals surface area contributed by atoms with E-state index in [0.717, 1.165) is 24.3 Å². The predicted octanol–water partition coefficient (Wildman–Crippen LogP) is 0.841. The number of aryl methyl sites for hydroxylation is 1. The zero-order valence-corrected chi connectivity index (χ0v) is 10.6. The van der Waals surface area contributed by atoms with E-state index in [1.807, 2.05) is 6.92 Å². The lowest BCUT2D eigenvalue weighted by molar-refractivity contribution is -0.0256. The van der Waals surface area contributed by atoms with Gasteiger partial charge in [-0.05, 0) is 20.9 Å². The molecule has 1 aromatic rings. The molecule has 1 unspecified atom stereocenters. The number of aliphatic hydroxyl groups excluding tert-OH is 1. The fraction of sp³-hybridized carbons (Fsp3) is 0.667. The molecular weight excluding hydrogens is 218 g/mol. The SMILES string of the molecule is Cc1nc(C2CN(C)CCO2)ncc1[C@@H](C)O. The number of aliphatic hydroxyl groups is 1. The van der Waals surface area contributed by atoms with E-state index in [0.29, 0.717) is 12.4 Å². The molecule has 1 fully saturated rings. The summed E-state index contributed by atoms with van der Waals surface area (Å²) in [5.41, 5.74) is 1.60. The normalized spacial score (nSPS) is 23.6. The quantitative estimate of drug-likeness (QED) is 0.826. The molecule has 1 saturated heterocycles. The highest BCUT2D eigenvalue weighted by Crippen LogP contribution is 2.21. The Morgan fingerprint density at radius 1 is 1.59 bits per heavy atom. The Morgan fingerprint density at radius 3 is 2.94 bits per heavy atom. The van der Waals surface area contributed by atoms with E-state index in [4.69, 9.17) is 4.74 Å². The maximum absolute atomic E-state index is 9.53. The zero-order valence-electron chi connectivity index (χ0n) is 10.6. The van der Waals surface area contributed by atoms with Crippen LogP contribution in [0, 0.1) is 6.92 Å². The van der Waals surface area contributed by atoms with E-state index in [2.05, 4.69) is 21.9 Å². The average Bonchev–Trinajstić information content (AvgIpc) is 2.28. The number of nitrogens with zero attached hydrogens (tertiary/aromatic N) is 3. The molecule has 2 atom stereocenters. The summed E-state index contributed by atoms with van der Waals surface area (Å²) in [5, 5.41) is 9.53. The van der Waals surface area contributed by atoms with Gasteiger partial charge in [0.25, 0.3) is 0 Å². The van der Waals surface area contributed by atoms with Crippen molar-refractivity contribution in [2.75, 3.05) is 26.7 Å². The van der Waals surface area contributed by atoms with Crippen LogP contribution in [-0.4, -0.2) is 46.7 Å². The Bertz CT molecular complexity index is 395. The Kier molecular flexibility index (Phi) is 3.71. The number of hydrogen-bond acceptors (Lipinski definition) is 5. The molecule has 17 heavy (non-hydrogen) atoms. The Balaban J connectivity index is 2.19. The molecule has 5 nitrogen and oxygen atoms in total. The Hall–Kier alpha value is -1.04. The first-order valence-corrected chi connectivity index (χ1v) is 5.89. The van der Waals surface area contributed by atoms with Crippen molar-refractivity contribution < 1.29 is 9.84 Å². The van der Waals surface area contributed by atoms with Gasteiger partial charge in [-0.25, -0.2) is 9.97 Å². The average molecular weight is 237 g/mol. The van der Waals surface area contributed by atoms with Crippen molar-refractivity contribution in [3.05, 3.63) is 23.3 Å². The second kappa shape index (κ2) is 5.08. The van der Waals surface area contributed by atoms with Gasteiger partial charge in [-0.15, -0.1) is 0 Å². The van der Waals surface area contributed by atoms with Crippen LogP contribution in [-0.2, 0) is 4.74 Å². The molecule has 0 bridgehead atoms. The summed E-state index contributed by atoms with van der Waals surface area (Å²) in [6.45, 7) is 6.08. The van der Waals surface area contributed by atoms with Crippen LogP contribution in [0.5, 0.6) is 0 Å². The highest BCUT2D eigenvalue weighted by molar-refractivity contribution is 5.19. The molecule has 1 aliphatic rings. The van der Waals surface area contributed by atoms with Gasteiger partial charge >= 0.3 is 0 Å². The highest BCUT2D eigenvalue weighted by Gasteiger charge is 2.22. The Labute approximate surface area is 101 Å². The maximum atomic E-state index is 9.53. The number of hydrogen-bond donors (Lipinski definition) is 1. The minimum atomic E-state index is -0.529. The van der Waals surface area contributed by atoms with Gasteiger partial charge in [-0.2, -0.15) is 0 Å². The van der Waals surface area contributed by atoms with Gasteiger partial charge in [0.2, 0.25) is 0 Å². The molecule has 94 valence electrons. The van der Waals surface area contributed by atoms with Crippen LogP contribution in [0.3, 0.4) is 0 Å². The molecule has 1 N–H and O–H groups in total. The van der Waals surface area contributed by atoms with E-state index in [9.17, 15) is 5.11 Å². The summed E-state index contributed by atoms with van der Waals surface area (Å²) < 4.78 is 5.66. The minimum Gasteiger partial charge on any atom is -0.389 e. The van der Waals surface area contributed by atoms with E-state index in [1.165, 1.54) is 0 Å². The van der Waals surface area contributed by atoms with Crippen LogP contribution < -0.4 is 0 Å². The Morgan fingerprint density at radius 2 is 2.35 bits per heavy atom. The topological polar surface area (TPSA) is 58.5 Å². The maximum Gasteiger partial charge on any atom is 0.158 e. The van der Waals surface area contributed by atoms with Crippen molar-refractivity contribution in [2.45, 2.75) is 26.1 Å². The molecule has 0 radical (unpaired) electrons. The van der Waals surface area contributed by atoms with Crippen molar-refractivity contribution >= 4 is 0 Å².